The van der Waals surface area contributed by atoms with Gasteiger partial charge in [0.25, 0.3) is 0 Å². The molecule has 14 heavy (non-hydrogen) atoms. The van der Waals surface area contributed by atoms with E-state index in [0.717, 1.165) is 0 Å². The fourth-order valence-electron chi connectivity index (χ4n) is 1.54. The molecule has 0 radical (unpaired) electrons. The zero-order valence-electron chi connectivity index (χ0n) is 8.28. The van der Waals surface area contributed by atoms with Crippen molar-refractivity contribution in [2.45, 2.75) is 9.79 Å². The number of hydrogen-bond acceptors (Lipinski definition) is 2. The molecule has 2 rings (SSSR count). The van der Waals surface area contributed by atoms with Crippen LogP contribution in [-0.4, -0.2) is 12.5 Å². The van der Waals surface area contributed by atoms with Crippen LogP contribution in [0.3, 0.4) is 0 Å². The second kappa shape index (κ2) is 4.28. The Labute approximate surface area is 93.1 Å². The Balaban J connectivity index is 2.73. The van der Waals surface area contributed by atoms with Gasteiger partial charge in [0.2, 0.25) is 0 Å². The van der Waals surface area contributed by atoms with Crippen LogP contribution in [-0.2, 0) is 0 Å². The molecule has 0 amide bonds. The van der Waals surface area contributed by atoms with Gasteiger partial charge in [0.05, 0.1) is 0 Å². The zero-order chi connectivity index (χ0) is 9.97. The molecule has 0 bridgehead atoms. The number of benzene rings is 2. The zero-order valence-corrected chi connectivity index (χ0v) is 9.91. The molecular weight excluding hydrogens is 208 g/mol. The molecule has 0 spiro atoms. The van der Waals surface area contributed by atoms with Crippen molar-refractivity contribution in [3.63, 3.8) is 0 Å². The minimum absolute atomic E-state index is 1.34. The molecule has 0 aromatic heterocycles. The highest BCUT2D eigenvalue weighted by Gasteiger charge is 2.01. The molecule has 0 aliphatic heterocycles. The minimum Gasteiger partial charge on any atom is -0.130 e. The third-order valence-electron chi connectivity index (χ3n) is 2.25. The molecule has 0 saturated heterocycles. The van der Waals surface area contributed by atoms with E-state index in [1.807, 2.05) is 11.8 Å². The van der Waals surface area contributed by atoms with Gasteiger partial charge in [-0.25, -0.2) is 0 Å². The van der Waals surface area contributed by atoms with E-state index in [1.54, 1.807) is 11.8 Å². The van der Waals surface area contributed by atoms with Crippen molar-refractivity contribution < 1.29 is 0 Å². The molecule has 2 aromatic rings. The van der Waals surface area contributed by atoms with Crippen molar-refractivity contribution in [2.24, 2.45) is 0 Å². The van der Waals surface area contributed by atoms with Gasteiger partial charge in [-0.05, 0) is 35.4 Å². The number of thioether (sulfide) groups is 2. The summed E-state index contributed by atoms with van der Waals surface area (Å²) in [6.07, 6.45) is 4.25. The molecule has 2 aromatic carbocycles. The van der Waals surface area contributed by atoms with Crippen LogP contribution in [0, 0.1) is 0 Å². The molecule has 0 N–H and O–H groups in total. The maximum Gasteiger partial charge on any atom is 0.0159 e. The monoisotopic (exact) mass is 220 g/mol. The van der Waals surface area contributed by atoms with E-state index in [9.17, 15) is 0 Å². The van der Waals surface area contributed by atoms with Crippen molar-refractivity contribution >= 4 is 34.3 Å². The van der Waals surface area contributed by atoms with Gasteiger partial charge in [-0.15, -0.1) is 23.5 Å². The lowest BCUT2D eigenvalue weighted by Crippen LogP contribution is -1.79. The second-order valence-corrected chi connectivity index (χ2v) is 4.78. The van der Waals surface area contributed by atoms with Gasteiger partial charge in [-0.2, -0.15) is 0 Å². The first-order valence-corrected chi connectivity index (χ1v) is 6.91. The summed E-state index contributed by atoms with van der Waals surface area (Å²) in [5.74, 6) is 0. The third-order valence-corrected chi connectivity index (χ3v) is 3.74. The summed E-state index contributed by atoms with van der Waals surface area (Å²) in [7, 11) is 0. The molecule has 0 nitrogen and oxygen atoms in total. The Morgan fingerprint density at radius 2 is 1.71 bits per heavy atom. The largest absolute Gasteiger partial charge is 0.130 e. The standard InChI is InChI=1S/C12H12S2/c1-13-10-7-9-5-3-4-6-11(9)12(8-10)14-2/h3-8H,1-2H3. The smallest absolute Gasteiger partial charge is 0.0159 e. The topological polar surface area (TPSA) is 0 Å². The molecule has 0 saturated carbocycles. The van der Waals surface area contributed by atoms with Crippen LogP contribution in [0.4, 0.5) is 0 Å². The van der Waals surface area contributed by atoms with E-state index >= 15 is 0 Å². The van der Waals surface area contributed by atoms with Gasteiger partial charge >= 0.3 is 0 Å². The van der Waals surface area contributed by atoms with Crippen molar-refractivity contribution in [2.75, 3.05) is 12.5 Å². The van der Waals surface area contributed by atoms with Gasteiger partial charge < -0.3 is 0 Å². The predicted molar refractivity (Wildman–Crippen MR) is 67.5 cm³/mol. The Kier molecular flexibility index (Phi) is 3.04. The fraction of sp³-hybridized carbons (Fsp3) is 0.167. The molecule has 2 heteroatoms. The molecule has 0 fully saturated rings. The summed E-state index contributed by atoms with van der Waals surface area (Å²) in [5.41, 5.74) is 0. The van der Waals surface area contributed by atoms with E-state index < -0.39 is 0 Å². The second-order valence-electron chi connectivity index (χ2n) is 3.05. The van der Waals surface area contributed by atoms with Crippen molar-refractivity contribution in [3.05, 3.63) is 36.4 Å². The average molecular weight is 220 g/mol. The van der Waals surface area contributed by atoms with Crippen LogP contribution in [0.5, 0.6) is 0 Å². The Morgan fingerprint density at radius 3 is 2.43 bits per heavy atom. The minimum atomic E-state index is 1.34. The summed E-state index contributed by atoms with van der Waals surface area (Å²) in [6.45, 7) is 0. The number of hydrogen-bond donors (Lipinski definition) is 0. The first kappa shape index (κ1) is 9.94. The van der Waals surface area contributed by atoms with Crippen molar-refractivity contribution in [3.8, 4) is 0 Å². The lowest BCUT2D eigenvalue weighted by Gasteiger charge is -2.06. The van der Waals surface area contributed by atoms with E-state index in [-0.39, 0.29) is 0 Å². The fourth-order valence-corrected chi connectivity index (χ4v) is 2.74. The van der Waals surface area contributed by atoms with Crippen LogP contribution in [0.25, 0.3) is 10.8 Å². The molecular formula is C12H12S2. The van der Waals surface area contributed by atoms with Gasteiger partial charge in [0.15, 0.2) is 0 Å². The predicted octanol–water partition coefficient (Wildman–Crippen LogP) is 4.28. The van der Waals surface area contributed by atoms with Gasteiger partial charge in [-0.3, -0.25) is 0 Å². The van der Waals surface area contributed by atoms with Gasteiger partial charge in [0, 0.05) is 9.79 Å². The van der Waals surface area contributed by atoms with Crippen molar-refractivity contribution in [1.29, 1.82) is 0 Å². The summed E-state index contributed by atoms with van der Waals surface area (Å²) in [5, 5.41) is 2.70. The molecule has 0 heterocycles. The van der Waals surface area contributed by atoms with Crippen LogP contribution >= 0.6 is 23.5 Å². The first-order chi connectivity index (χ1) is 6.85. The van der Waals surface area contributed by atoms with E-state index in [1.165, 1.54) is 20.6 Å². The number of rotatable bonds is 2. The molecule has 0 atom stereocenters. The molecule has 0 unspecified atom stereocenters. The lowest BCUT2D eigenvalue weighted by atomic mass is 10.1. The first-order valence-electron chi connectivity index (χ1n) is 4.46. The van der Waals surface area contributed by atoms with Gasteiger partial charge in [0.1, 0.15) is 0 Å². The van der Waals surface area contributed by atoms with E-state index in [0.29, 0.717) is 0 Å². The van der Waals surface area contributed by atoms with Crippen LogP contribution < -0.4 is 0 Å². The van der Waals surface area contributed by atoms with E-state index in [2.05, 4.69) is 48.9 Å². The Hall–Kier alpha value is -0.600. The van der Waals surface area contributed by atoms with Crippen LogP contribution in [0.2, 0.25) is 0 Å². The number of fused-ring (bicyclic) bond motifs is 1. The normalized spacial score (nSPS) is 10.7. The molecule has 0 aliphatic carbocycles. The lowest BCUT2D eigenvalue weighted by molar-refractivity contribution is 1.40. The Bertz CT molecular complexity index is 449. The van der Waals surface area contributed by atoms with Crippen molar-refractivity contribution in [1.82, 2.24) is 0 Å². The summed E-state index contributed by atoms with van der Waals surface area (Å²) in [4.78, 5) is 2.71. The summed E-state index contributed by atoms with van der Waals surface area (Å²) in [6, 6.07) is 13.1. The third kappa shape index (κ3) is 1.77. The van der Waals surface area contributed by atoms with E-state index in [4.69, 9.17) is 0 Å². The van der Waals surface area contributed by atoms with Crippen LogP contribution in [0.15, 0.2) is 46.2 Å². The Morgan fingerprint density at radius 1 is 0.929 bits per heavy atom. The maximum atomic E-state index is 2.26. The highest BCUT2D eigenvalue weighted by Crippen LogP contribution is 2.31. The quantitative estimate of drug-likeness (QED) is 0.693. The summed E-state index contributed by atoms with van der Waals surface area (Å²) < 4.78 is 0. The average Bonchev–Trinajstić information content (AvgIpc) is 2.27. The molecule has 0 aliphatic rings. The highest BCUT2D eigenvalue weighted by molar-refractivity contribution is 7.99. The maximum absolute atomic E-state index is 2.26. The van der Waals surface area contributed by atoms with Gasteiger partial charge in [-0.1, -0.05) is 24.3 Å². The highest BCUT2D eigenvalue weighted by atomic mass is 32.2. The molecule has 72 valence electrons. The SMILES string of the molecule is CSc1cc(SC)c2ccccc2c1. The summed E-state index contributed by atoms with van der Waals surface area (Å²) >= 11 is 3.61. The van der Waals surface area contributed by atoms with Crippen LogP contribution in [0.1, 0.15) is 0 Å².